The van der Waals surface area contributed by atoms with Gasteiger partial charge < -0.3 is 10.1 Å². The Hall–Kier alpha value is -1.87. The molecule has 116 valence electrons. The normalized spacial score (nSPS) is 17.2. The SMILES string of the molecule is CC(OCC1CC1)C(=O)NC(C)c1cccc2ccccc12. The molecule has 0 aromatic heterocycles. The molecular formula is C19H23NO2. The molecule has 0 spiro atoms. The lowest BCUT2D eigenvalue weighted by Crippen LogP contribution is -2.36. The molecule has 0 radical (unpaired) electrons. The lowest BCUT2D eigenvalue weighted by molar-refractivity contribution is -0.132. The van der Waals surface area contributed by atoms with Crippen molar-refractivity contribution in [3.63, 3.8) is 0 Å². The fourth-order valence-electron chi connectivity index (χ4n) is 2.68. The smallest absolute Gasteiger partial charge is 0.249 e. The highest BCUT2D eigenvalue weighted by Gasteiger charge is 2.24. The van der Waals surface area contributed by atoms with Crippen LogP contribution in [0.2, 0.25) is 0 Å². The van der Waals surface area contributed by atoms with Crippen molar-refractivity contribution < 1.29 is 9.53 Å². The van der Waals surface area contributed by atoms with Crippen LogP contribution in [0.3, 0.4) is 0 Å². The number of nitrogens with one attached hydrogen (secondary N) is 1. The van der Waals surface area contributed by atoms with E-state index >= 15 is 0 Å². The molecule has 1 amide bonds. The van der Waals surface area contributed by atoms with Crippen molar-refractivity contribution >= 4 is 16.7 Å². The zero-order valence-corrected chi connectivity index (χ0v) is 13.2. The second kappa shape index (κ2) is 6.49. The average Bonchev–Trinajstić information content (AvgIpc) is 3.36. The number of fused-ring (bicyclic) bond motifs is 1. The number of hydrogen-bond acceptors (Lipinski definition) is 2. The zero-order valence-electron chi connectivity index (χ0n) is 13.2. The topological polar surface area (TPSA) is 38.3 Å². The Bertz CT molecular complexity index is 658. The molecule has 0 bridgehead atoms. The van der Waals surface area contributed by atoms with Crippen LogP contribution in [-0.2, 0) is 9.53 Å². The Kier molecular flexibility index (Phi) is 4.44. The second-order valence-electron chi connectivity index (χ2n) is 6.22. The highest BCUT2D eigenvalue weighted by molar-refractivity contribution is 5.87. The van der Waals surface area contributed by atoms with E-state index < -0.39 is 6.10 Å². The van der Waals surface area contributed by atoms with Gasteiger partial charge in [0.05, 0.1) is 12.6 Å². The van der Waals surface area contributed by atoms with Gasteiger partial charge in [0.2, 0.25) is 5.91 Å². The monoisotopic (exact) mass is 297 g/mol. The summed E-state index contributed by atoms with van der Waals surface area (Å²) in [6.07, 6.45) is 2.08. The van der Waals surface area contributed by atoms with Gasteiger partial charge >= 0.3 is 0 Å². The quantitative estimate of drug-likeness (QED) is 0.880. The Morgan fingerprint density at radius 3 is 2.68 bits per heavy atom. The number of hydrogen-bond donors (Lipinski definition) is 1. The molecule has 2 aromatic carbocycles. The molecule has 3 rings (SSSR count). The molecule has 2 atom stereocenters. The van der Waals surface area contributed by atoms with E-state index in [1.54, 1.807) is 0 Å². The Balaban J connectivity index is 1.67. The largest absolute Gasteiger partial charge is 0.368 e. The van der Waals surface area contributed by atoms with Crippen molar-refractivity contribution in [2.45, 2.75) is 38.8 Å². The van der Waals surface area contributed by atoms with Crippen molar-refractivity contribution in [1.29, 1.82) is 0 Å². The van der Waals surface area contributed by atoms with E-state index in [4.69, 9.17) is 4.74 Å². The van der Waals surface area contributed by atoms with Crippen LogP contribution in [0.1, 0.15) is 38.3 Å². The molecular weight excluding hydrogens is 274 g/mol. The summed E-state index contributed by atoms with van der Waals surface area (Å²) in [5.74, 6) is 0.631. The minimum absolute atomic E-state index is 0.0365. The molecule has 2 unspecified atom stereocenters. The van der Waals surface area contributed by atoms with Crippen LogP contribution in [-0.4, -0.2) is 18.6 Å². The molecule has 1 aliphatic rings. The average molecular weight is 297 g/mol. The van der Waals surface area contributed by atoms with Gasteiger partial charge in [0.25, 0.3) is 0 Å². The molecule has 1 N–H and O–H groups in total. The van der Waals surface area contributed by atoms with Crippen LogP contribution >= 0.6 is 0 Å². The van der Waals surface area contributed by atoms with Crippen LogP contribution in [0.25, 0.3) is 10.8 Å². The Labute approximate surface area is 131 Å². The molecule has 1 saturated carbocycles. The molecule has 2 aromatic rings. The van der Waals surface area contributed by atoms with E-state index in [9.17, 15) is 4.79 Å². The molecule has 1 fully saturated rings. The summed E-state index contributed by atoms with van der Waals surface area (Å²) < 4.78 is 5.64. The van der Waals surface area contributed by atoms with E-state index in [2.05, 4.69) is 29.6 Å². The number of amides is 1. The molecule has 22 heavy (non-hydrogen) atoms. The Morgan fingerprint density at radius 2 is 1.91 bits per heavy atom. The molecule has 3 heteroatoms. The lowest BCUT2D eigenvalue weighted by Gasteiger charge is -2.19. The maximum absolute atomic E-state index is 12.3. The molecule has 0 aliphatic heterocycles. The maximum Gasteiger partial charge on any atom is 0.249 e. The highest BCUT2D eigenvalue weighted by atomic mass is 16.5. The molecule has 1 aliphatic carbocycles. The number of carbonyl (C=O) groups excluding carboxylic acids is 1. The summed E-state index contributed by atoms with van der Waals surface area (Å²) >= 11 is 0. The van der Waals surface area contributed by atoms with Crippen molar-refractivity contribution in [2.75, 3.05) is 6.61 Å². The van der Waals surface area contributed by atoms with E-state index in [-0.39, 0.29) is 11.9 Å². The predicted molar refractivity (Wildman–Crippen MR) is 88.6 cm³/mol. The van der Waals surface area contributed by atoms with E-state index in [0.717, 1.165) is 5.56 Å². The van der Waals surface area contributed by atoms with Crippen molar-refractivity contribution in [3.05, 3.63) is 48.0 Å². The van der Waals surface area contributed by atoms with Gasteiger partial charge in [-0.25, -0.2) is 0 Å². The second-order valence-corrected chi connectivity index (χ2v) is 6.22. The number of benzene rings is 2. The van der Waals surface area contributed by atoms with Crippen LogP contribution < -0.4 is 5.32 Å². The summed E-state index contributed by atoms with van der Waals surface area (Å²) in [7, 11) is 0. The fraction of sp³-hybridized carbons (Fsp3) is 0.421. The van der Waals surface area contributed by atoms with Gasteiger partial charge in [0.15, 0.2) is 0 Å². The minimum Gasteiger partial charge on any atom is -0.368 e. The molecule has 0 saturated heterocycles. The number of carbonyl (C=O) groups is 1. The van der Waals surface area contributed by atoms with Gasteiger partial charge in [-0.15, -0.1) is 0 Å². The van der Waals surface area contributed by atoms with Crippen molar-refractivity contribution in [1.82, 2.24) is 5.32 Å². The summed E-state index contributed by atoms with van der Waals surface area (Å²) in [6, 6.07) is 14.4. The third-order valence-electron chi connectivity index (χ3n) is 4.30. The maximum atomic E-state index is 12.3. The number of ether oxygens (including phenoxy) is 1. The van der Waals surface area contributed by atoms with Crippen LogP contribution in [0.15, 0.2) is 42.5 Å². The summed E-state index contributed by atoms with van der Waals surface area (Å²) in [4.78, 5) is 12.3. The van der Waals surface area contributed by atoms with Gasteiger partial charge in [0.1, 0.15) is 6.10 Å². The van der Waals surface area contributed by atoms with Crippen molar-refractivity contribution in [3.8, 4) is 0 Å². The van der Waals surface area contributed by atoms with Crippen molar-refractivity contribution in [2.24, 2.45) is 5.92 Å². The van der Waals surface area contributed by atoms with Gasteiger partial charge in [-0.1, -0.05) is 42.5 Å². The van der Waals surface area contributed by atoms with Gasteiger partial charge in [-0.2, -0.15) is 0 Å². The summed E-state index contributed by atoms with van der Waals surface area (Å²) in [5.41, 5.74) is 1.14. The van der Waals surface area contributed by atoms with Crippen LogP contribution in [0.5, 0.6) is 0 Å². The van der Waals surface area contributed by atoms with Gasteiger partial charge in [0, 0.05) is 0 Å². The first-order valence-corrected chi connectivity index (χ1v) is 8.05. The molecule has 0 heterocycles. The summed E-state index contributed by atoms with van der Waals surface area (Å²) in [5, 5.41) is 5.45. The van der Waals surface area contributed by atoms with E-state index in [0.29, 0.717) is 12.5 Å². The fourth-order valence-corrected chi connectivity index (χ4v) is 2.68. The van der Waals surface area contributed by atoms with E-state index in [1.807, 2.05) is 32.0 Å². The zero-order chi connectivity index (χ0) is 15.5. The Morgan fingerprint density at radius 1 is 1.18 bits per heavy atom. The van der Waals surface area contributed by atoms with Gasteiger partial charge in [-0.3, -0.25) is 4.79 Å². The third-order valence-corrected chi connectivity index (χ3v) is 4.30. The number of rotatable bonds is 6. The minimum atomic E-state index is -0.391. The van der Waals surface area contributed by atoms with E-state index in [1.165, 1.54) is 23.6 Å². The standard InChI is InChI=1S/C19H23NO2/c1-13(20-19(21)14(2)22-12-15-10-11-15)17-9-5-7-16-6-3-4-8-18(16)17/h3-9,13-15H,10-12H2,1-2H3,(H,20,21). The van der Waals surface area contributed by atoms with Crippen LogP contribution in [0.4, 0.5) is 0 Å². The first-order chi connectivity index (χ1) is 10.6. The predicted octanol–water partition coefficient (Wildman–Crippen LogP) is 3.83. The lowest BCUT2D eigenvalue weighted by atomic mass is 9.99. The summed E-state index contributed by atoms with van der Waals surface area (Å²) in [6.45, 7) is 4.55. The van der Waals surface area contributed by atoms with Gasteiger partial charge in [-0.05, 0) is 48.9 Å². The highest BCUT2D eigenvalue weighted by Crippen LogP contribution is 2.29. The molecule has 3 nitrogen and oxygen atoms in total. The third kappa shape index (κ3) is 3.47. The first kappa shape index (κ1) is 15.0. The first-order valence-electron chi connectivity index (χ1n) is 8.05. The van der Waals surface area contributed by atoms with Crippen LogP contribution in [0, 0.1) is 5.92 Å².